The molecule has 2 atom stereocenters. The second-order valence-corrected chi connectivity index (χ2v) is 7.65. The number of hydrogen-bond acceptors (Lipinski definition) is 5. The standard InChI is InChI=1S/C22H28N2O5P/c1-3-28-21(25)19(15-17-11-7-5-8-12-17)23-30(27)24-20(22(26)29-4-2)16-18-13-9-6-10-14-18/h5-14,19-20H,3-4,15-16H2,1-2H3,(H2,23,24,27)/q+1. The predicted molar refractivity (Wildman–Crippen MR) is 115 cm³/mol. The second kappa shape index (κ2) is 12.9. The highest BCUT2D eigenvalue weighted by molar-refractivity contribution is 7.40. The Kier molecular flexibility index (Phi) is 10.1. The van der Waals surface area contributed by atoms with Crippen LogP contribution in [0.25, 0.3) is 0 Å². The molecule has 8 heteroatoms. The maximum atomic E-state index is 12.8. The monoisotopic (exact) mass is 431 g/mol. The number of rotatable bonds is 12. The Morgan fingerprint density at radius 1 is 0.767 bits per heavy atom. The first-order valence-corrected chi connectivity index (χ1v) is 11.2. The lowest BCUT2D eigenvalue weighted by molar-refractivity contribution is -0.145. The van der Waals surface area contributed by atoms with Gasteiger partial charge in [-0.05, 0) is 29.5 Å². The van der Waals surface area contributed by atoms with Gasteiger partial charge in [0, 0.05) is 12.8 Å². The summed E-state index contributed by atoms with van der Waals surface area (Å²) < 4.78 is 23.0. The van der Waals surface area contributed by atoms with Crippen molar-refractivity contribution in [2.24, 2.45) is 0 Å². The molecule has 0 fully saturated rings. The molecule has 2 N–H and O–H groups in total. The van der Waals surface area contributed by atoms with Crippen LogP contribution in [0, 0.1) is 0 Å². The van der Waals surface area contributed by atoms with Crippen LogP contribution < -0.4 is 10.2 Å². The smallest absolute Gasteiger partial charge is 0.465 e. The minimum absolute atomic E-state index is 0.218. The van der Waals surface area contributed by atoms with Crippen molar-refractivity contribution in [1.82, 2.24) is 10.2 Å². The third kappa shape index (κ3) is 8.03. The molecular weight excluding hydrogens is 403 g/mol. The molecule has 0 amide bonds. The predicted octanol–water partition coefficient (Wildman–Crippen LogP) is 3.17. The van der Waals surface area contributed by atoms with Crippen LogP contribution in [0.5, 0.6) is 0 Å². The summed E-state index contributed by atoms with van der Waals surface area (Å²) in [6, 6.07) is 17.1. The van der Waals surface area contributed by atoms with E-state index < -0.39 is 32.1 Å². The summed E-state index contributed by atoms with van der Waals surface area (Å²) in [4.78, 5) is 24.7. The fourth-order valence-electron chi connectivity index (χ4n) is 2.87. The van der Waals surface area contributed by atoms with E-state index >= 15 is 0 Å². The third-order valence-electron chi connectivity index (χ3n) is 4.25. The molecule has 0 bridgehead atoms. The van der Waals surface area contributed by atoms with E-state index in [2.05, 4.69) is 10.2 Å². The second-order valence-electron chi connectivity index (χ2n) is 6.54. The molecule has 0 saturated heterocycles. The molecule has 0 aliphatic heterocycles. The normalized spacial score (nSPS) is 13.2. The maximum Gasteiger partial charge on any atom is 0.533 e. The highest BCUT2D eigenvalue weighted by Gasteiger charge is 2.34. The van der Waals surface area contributed by atoms with Gasteiger partial charge in [0.15, 0.2) is 12.1 Å². The molecule has 0 heterocycles. The van der Waals surface area contributed by atoms with Crippen molar-refractivity contribution >= 4 is 20.0 Å². The quantitative estimate of drug-likeness (QED) is 0.394. The lowest BCUT2D eigenvalue weighted by atomic mass is 10.1. The van der Waals surface area contributed by atoms with Crippen LogP contribution in [0.3, 0.4) is 0 Å². The first kappa shape index (κ1) is 23.7. The minimum atomic E-state index is -2.29. The van der Waals surface area contributed by atoms with Gasteiger partial charge >= 0.3 is 20.0 Å². The van der Waals surface area contributed by atoms with Gasteiger partial charge in [0.1, 0.15) is 0 Å². The summed E-state index contributed by atoms with van der Waals surface area (Å²) in [7, 11) is -2.29. The fourth-order valence-corrected chi connectivity index (χ4v) is 3.90. The summed E-state index contributed by atoms with van der Waals surface area (Å²) in [6.45, 7) is 3.86. The van der Waals surface area contributed by atoms with Crippen molar-refractivity contribution in [3.05, 3.63) is 71.8 Å². The van der Waals surface area contributed by atoms with E-state index in [-0.39, 0.29) is 13.2 Å². The third-order valence-corrected chi connectivity index (χ3v) is 5.35. The van der Waals surface area contributed by atoms with Crippen LogP contribution >= 0.6 is 8.10 Å². The summed E-state index contributed by atoms with van der Waals surface area (Å²) >= 11 is 0. The van der Waals surface area contributed by atoms with Crippen LogP contribution in [-0.2, 0) is 36.5 Å². The fraction of sp³-hybridized carbons (Fsp3) is 0.364. The Hall–Kier alpha value is -2.60. The average Bonchev–Trinajstić information content (AvgIpc) is 2.74. The lowest BCUT2D eigenvalue weighted by Crippen LogP contribution is -2.42. The molecule has 2 aromatic rings. The number of ether oxygens (including phenoxy) is 2. The highest BCUT2D eigenvalue weighted by Crippen LogP contribution is 2.17. The van der Waals surface area contributed by atoms with Crippen molar-refractivity contribution in [1.29, 1.82) is 0 Å². The summed E-state index contributed by atoms with van der Waals surface area (Å²) in [5, 5.41) is 5.56. The summed E-state index contributed by atoms with van der Waals surface area (Å²) in [5.41, 5.74) is 1.80. The Morgan fingerprint density at radius 3 is 1.47 bits per heavy atom. The number of esters is 2. The van der Waals surface area contributed by atoms with E-state index in [0.29, 0.717) is 12.8 Å². The largest absolute Gasteiger partial charge is 0.533 e. The first-order chi connectivity index (χ1) is 14.5. The van der Waals surface area contributed by atoms with Crippen LogP contribution in [-0.4, -0.2) is 37.2 Å². The van der Waals surface area contributed by atoms with Gasteiger partial charge in [-0.2, -0.15) is 0 Å². The van der Waals surface area contributed by atoms with E-state index in [1.165, 1.54) is 0 Å². The zero-order valence-electron chi connectivity index (χ0n) is 17.2. The van der Waals surface area contributed by atoms with Crippen LogP contribution in [0.1, 0.15) is 25.0 Å². The van der Waals surface area contributed by atoms with Crippen molar-refractivity contribution in [2.75, 3.05) is 13.2 Å². The SMILES string of the molecule is CCOC(=O)C(Cc1ccccc1)N[P+](=O)NC(Cc1ccccc1)C(=O)OCC. The lowest BCUT2D eigenvalue weighted by Gasteiger charge is -2.14. The molecule has 0 saturated carbocycles. The van der Waals surface area contributed by atoms with Gasteiger partial charge in [-0.1, -0.05) is 70.8 Å². The molecule has 30 heavy (non-hydrogen) atoms. The van der Waals surface area contributed by atoms with Gasteiger partial charge in [0.25, 0.3) is 0 Å². The van der Waals surface area contributed by atoms with Gasteiger partial charge in [-0.15, -0.1) is 0 Å². The molecular formula is C22H28N2O5P+. The highest BCUT2D eigenvalue weighted by atomic mass is 31.1. The molecule has 0 radical (unpaired) electrons. The maximum absolute atomic E-state index is 12.8. The van der Waals surface area contributed by atoms with E-state index in [9.17, 15) is 14.2 Å². The Labute approximate surface area is 178 Å². The van der Waals surface area contributed by atoms with Gasteiger partial charge in [-0.25, -0.2) is 0 Å². The van der Waals surface area contributed by atoms with Gasteiger partial charge in [0.2, 0.25) is 0 Å². The van der Waals surface area contributed by atoms with Crippen molar-refractivity contribution in [3.8, 4) is 0 Å². The molecule has 0 spiro atoms. The van der Waals surface area contributed by atoms with Crippen LogP contribution in [0.2, 0.25) is 0 Å². The van der Waals surface area contributed by atoms with Crippen molar-refractivity contribution < 1.29 is 23.6 Å². The average molecular weight is 431 g/mol. The van der Waals surface area contributed by atoms with E-state index in [1.807, 2.05) is 60.7 Å². The first-order valence-electron chi connectivity index (χ1n) is 9.94. The van der Waals surface area contributed by atoms with Crippen molar-refractivity contribution in [3.63, 3.8) is 0 Å². The van der Waals surface area contributed by atoms with Gasteiger partial charge < -0.3 is 9.47 Å². The zero-order chi connectivity index (χ0) is 21.8. The molecule has 2 unspecified atom stereocenters. The topological polar surface area (TPSA) is 93.7 Å². The molecule has 0 aliphatic carbocycles. The molecule has 0 aliphatic rings. The van der Waals surface area contributed by atoms with Crippen molar-refractivity contribution in [2.45, 2.75) is 38.8 Å². The van der Waals surface area contributed by atoms with Gasteiger partial charge in [0.05, 0.1) is 13.2 Å². The van der Waals surface area contributed by atoms with E-state index in [4.69, 9.17) is 9.47 Å². The number of hydrogen-bond donors (Lipinski definition) is 2. The Morgan fingerprint density at radius 2 is 1.13 bits per heavy atom. The molecule has 2 aromatic carbocycles. The Bertz CT molecular complexity index is 749. The van der Waals surface area contributed by atoms with Crippen LogP contribution in [0.15, 0.2) is 60.7 Å². The number of nitrogens with one attached hydrogen (secondary N) is 2. The van der Waals surface area contributed by atoms with Gasteiger partial charge in [-0.3, -0.25) is 9.59 Å². The van der Waals surface area contributed by atoms with E-state index in [0.717, 1.165) is 11.1 Å². The molecule has 0 aromatic heterocycles. The number of benzene rings is 2. The molecule has 7 nitrogen and oxygen atoms in total. The zero-order valence-corrected chi connectivity index (χ0v) is 18.1. The van der Waals surface area contributed by atoms with E-state index in [1.54, 1.807) is 13.8 Å². The Balaban J connectivity index is 2.08. The minimum Gasteiger partial charge on any atom is -0.465 e. The summed E-state index contributed by atoms with van der Waals surface area (Å²) in [5.74, 6) is -0.996. The summed E-state index contributed by atoms with van der Waals surface area (Å²) in [6.07, 6.45) is 0.621. The number of carbonyl (C=O) groups excluding carboxylic acids is 2. The molecule has 2 rings (SSSR count). The number of carbonyl (C=O) groups is 2. The molecule has 160 valence electrons. The van der Waals surface area contributed by atoms with Crippen LogP contribution in [0.4, 0.5) is 0 Å².